The Bertz CT molecular complexity index is 656. The lowest BCUT2D eigenvalue weighted by atomic mass is 10.2. The van der Waals surface area contributed by atoms with E-state index < -0.39 is 0 Å². The Labute approximate surface area is 132 Å². The maximum atomic E-state index is 5.47. The first kappa shape index (κ1) is 13.6. The summed E-state index contributed by atoms with van der Waals surface area (Å²) in [6, 6.07) is 7.75. The van der Waals surface area contributed by atoms with Crippen LogP contribution >= 0.6 is 34.8 Å². The van der Waals surface area contributed by atoms with Crippen molar-refractivity contribution in [3.8, 4) is 0 Å². The maximum absolute atomic E-state index is 5.47. The van der Waals surface area contributed by atoms with Crippen LogP contribution in [0.4, 0.5) is 0 Å². The topological polar surface area (TPSA) is 24.0 Å². The van der Waals surface area contributed by atoms with Gasteiger partial charge in [-0.25, -0.2) is 0 Å². The largest absolute Gasteiger partial charge is 0.331 e. The molecule has 1 heterocycles. The van der Waals surface area contributed by atoms with Crippen molar-refractivity contribution in [2.75, 3.05) is 7.05 Å². The van der Waals surface area contributed by atoms with Crippen molar-refractivity contribution in [1.29, 1.82) is 0 Å². The molecule has 1 fully saturated rings. The lowest BCUT2D eigenvalue weighted by molar-refractivity contribution is 0.226. The van der Waals surface area contributed by atoms with E-state index in [-0.39, 0.29) is 0 Å². The van der Waals surface area contributed by atoms with E-state index in [0.29, 0.717) is 6.04 Å². The van der Waals surface area contributed by atoms with Gasteiger partial charge in [0.05, 0.1) is 11.0 Å². The summed E-state index contributed by atoms with van der Waals surface area (Å²) in [4.78, 5) is 5.79. The van der Waals surface area contributed by atoms with Crippen molar-refractivity contribution in [1.82, 2.24) is 14.5 Å². The van der Waals surface area contributed by atoms with Crippen LogP contribution in [-0.2, 0) is 6.54 Å². The van der Waals surface area contributed by atoms with Crippen LogP contribution in [0.3, 0.4) is 0 Å². The molecule has 0 saturated heterocycles. The third kappa shape index (κ3) is 2.73. The summed E-state index contributed by atoms with van der Waals surface area (Å²) in [5.41, 5.74) is 2.35. The molecule has 1 aromatic heterocycles. The van der Waals surface area contributed by atoms with Crippen LogP contribution in [0.5, 0.6) is 0 Å². The summed E-state index contributed by atoms with van der Waals surface area (Å²) >= 11 is 7.80. The van der Waals surface area contributed by atoms with Crippen molar-refractivity contribution in [2.24, 2.45) is 0 Å². The molecule has 1 aliphatic carbocycles. The number of imidazole rings is 1. The molecule has 1 unspecified atom stereocenters. The van der Waals surface area contributed by atoms with Crippen molar-refractivity contribution in [3.63, 3.8) is 0 Å². The lowest BCUT2D eigenvalue weighted by Gasteiger charge is -2.25. The second kappa shape index (κ2) is 5.18. The van der Waals surface area contributed by atoms with Gasteiger partial charge in [0.25, 0.3) is 0 Å². The van der Waals surface area contributed by atoms with Crippen molar-refractivity contribution in [3.05, 3.63) is 26.5 Å². The molecule has 1 saturated carbocycles. The number of nitrogens with zero attached hydrogens (tertiary/aromatic N) is 2. The molecule has 1 aliphatic rings. The van der Waals surface area contributed by atoms with Gasteiger partial charge in [0.1, 0.15) is 0 Å². The Hall–Kier alpha value is -0.400. The van der Waals surface area contributed by atoms with Crippen LogP contribution in [0.25, 0.3) is 11.0 Å². The molecular formula is C14H18IN3S. The first-order valence-corrected chi connectivity index (χ1v) is 8.15. The van der Waals surface area contributed by atoms with Gasteiger partial charge in [0.2, 0.25) is 0 Å². The predicted octanol–water partition coefficient (Wildman–Crippen LogP) is 3.79. The van der Waals surface area contributed by atoms with E-state index in [9.17, 15) is 0 Å². The second-order valence-corrected chi connectivity index (χ2v) is 7.08. The van der Waals surface area contributed by atoms with Gasteiger partial charge in [-0.15, -0.1) is 0 Å². The molecule has 2 aromatic rings. The van der Waals surface area contributed by atoms with Crippen LogP contribution in [-0.4, -0.2) is 33.6 Å². The molecule has 0 aliphatic heterocycles. The van der Waals surface area contributed by atoms with Crippen LogP contribution in [0.2, 0.25) is 0 Å². The fourth-order valence-corrected chi connectivity index (χ4v) is 3.33. The highest BCUT2D eigenvalue weighted by molar-refractivity contribution is 14.1. The Morgan fingerprint density at radius 1 is 1.53 bits per heavy atom. The zero-order valence-corrected chi connectivity index (χ0v) is 14.2. The van der Waals surface area contributed by atoms with Crippen LogP contribution in [0, 0.1) is 8.34 Å². The van der Waals surface area contributed by atoms with Gasteiger partial charge in [0, 0.05) is 22.2 Å². The fraction of sp³-hybridized carbons (Fsp3) is 0.500. The lowest BCUT2D eigenvalue weighted by Crippen LogP contribution is -2.34. The Morgan fingerprint density at radius 2 is 2.26 bits per heavy atom. The monoisotopic (exact) mass is 387 g/mol. The molecule has 5 heteroatoms. The summed E-state index contributed by atoms with van der Waals surface area (Å²) in [5.74, 6) is 0. The van der Waals surface area contributed by atoms with Gasteiger partial charge in [-0.1, -0.05) is 0 Å². The van der Waals surface area contributed by atoms with E-state index in [0.717, 1.165) is 22.9 Å². The number of rotatable bonds is 4. The highest BCUT2D eigenvalue weighted by Gasteiger charge is 2.29. The van der Waals surface area contributed by atoms with Crippen molar-refractivity contribution < 1.29 is 0 Å². The average molecular weight is 387 g/mol. The SMILES string of the molecule is CC(Cn1c(=S)[nH]c2cc(I)ccc21)N(C)C1CC1. The Kier molecular flexibility index (Phi) is 3.70. The molecule has 0 spiro atoms. The van der Waals surface area contributed by atoms with Crippen molar-refractivity contribution in [2.45, 2.75) is 38.4 Å². The second-order valence-electron chi connectivity index (χ2n) is 5.45. The zero-order valence-electron chi connectivity index (χ0n) is 11.2. The highest BCUT2D eigenvalue weighted by atomic mass is 127. The number of fused-ring (bicyclic) bond motifs is 1. The molecule has 0 bridgehead atoms. The standard InChI is InChI=1S/C14H18IN3S/c1-9(17(2)11-4-5-11)8-18-13-6-3-10(15)7-12(13)16-14(18)19/h3,6-7,9,11H,4-5,8H2,1-2H3,(H,16,19). The van der Waals surface area contributed by atoms with Gasteiger partial charge in [-0.2, -0.15) is 0 Å². The molecule has 0 radical (unpaired) electrons. The molecular weight excluding hydrogens is 369 g/mol. The minimum absolute atomic E-state index is 0.512. The zero-order chi connectivity index (χ0) is 13.6. The third-order valence-electron chi connectivity index (χ3n) is 4.00. The third-order valence-corrected chi connectivity index (χ3v) is 4.99. The molecule has 1 aromatic carbocycles. The summed E-state index contributed by atoms with van der Waals surface area (Å²) in [6.45, 7) is 3.23. The minimum Gasteiger partial charge on any atom is -0.331 e. The number of aromatic nitrogens is 2. The smallest absolute Gasteiger partial charge is 0.178 e. The number of likely N-dealkylation sites (N-methyl/N-ethyl adjacent to an activating group) is 1. The normalized spacial score (nSPS) is 17.3. The van der Waals surface area contributed by atoms with E-state index in [1.54, 1.807) is 0 Å². The summed E-state index contributed by atoms with van der Waals surface area (Å²) in [7, 11) is 2.23. The van der Waals surface area contributed by atoms with Gasteiger partial charge in [-0.05, 0) is 79.8 Å². The molecule has 3 nitrogen and oxygen atoms in total. The summed E-state index contributed by atoms with van der Waals surface area (Å²) in [5, 5.41) is 0. The number of hydrogen-bond acceptors (Lipinski definition) is 2. The minimum atomic E-state index is 0.512. The Morgan fingerprint density at radius 3 is 2.95 bits per heavy atom. The first-order valence-electron chi connectivity index (χ1n) is 6.66. The fourth-order valence-electron chi connectivity index (χ4n) is 2.55. The predicted molar refractivity (Wildman–Crippen MR) is 90.1 cm³/mol. The average Bonchev–Trinajstić information content (AvgIpc) is 3.15. The molecule has 3 rings (SSSR count). The molecule has 19 heavy (non-hydrogen) atoms. The van der Waals surface area contributed by atoms with E-state index in [1.165, 1.54) is 21.9 Å². The number of benzene rings is 1. The van der Waals surface area contributed by atoms with E-state index >= 15 is 0 Å². The van der Waals surface area contributed by atoms with Gasteiger partial charge in [0.15, 0.2) is 4.77 Å². The summed E-state index contributed by atoms with van der Waals surface area (Å²) in [6.07, 6.45) is 2.69. The maximum Gasteiger partial charge on any atom is 0.178 e. The van der Waals surface area contributed by atoms with Crippen LogP contribution in [0.15, 0.2) is 18.2 Å². The van der Waals surface area contributed by atoms with E-state index in [1.807, 2.05) is 0 Å². The van der Waals surface area contributed by atoms with Gasteiger partial charge >= 0.3 is 0 Å². The number of aromatic amines is 1. The Balaban J connectivity index is 1.91. The van der Waals surface area contributed by atoms with E-state index in [2.05, 4.69) is 69.2 Å². The number of nitrogens with one attached hydrogen (secondary N) is 1. The highest BCUT2D eigenvalue weighted by Crippen LogP contribution is 2.28. The number of halogens is 1. The number of hydrogen-bond donors (Lipinski definition) is 1. The molecule has 1 N–H and O–H groups in total. The quantitative estimate of drug-likeness (QED) is 0.638. The molecule has 1 atom stereocenters. The summed E-state index contributed by atoms with van der Waals surface area (Å²) < 4.78 is 4.29. The first-order chi connectivity index (χ1) is 9.06. The van der Waals surface area contributed by atoms with E-state index in [4.69, 9.17) is 12.2 Å². The van der Waals surface area contributed by atoms with Gasteiger partial charge in [-0.3, -0.25) is 4.90 Å². The van der Waals surface area contributed by atoms with Crippen LogP contribution < -0.4 is 0 Å². The molecule has 0 amide bonds. The van der Waals surface area contributed by atoms with Crippen molar-refractivity contribution >= 4 is 45.8 Å². The number of H-pyrrole nitrogens is 1. The van der Waals surface area contributed by atoms with Gasteiger partial charge < -0.3 is 9.55 Å². The van der Waals surface area contributed by atoms with Crippen LogP contribution in [0.1, 0.15) is 19.8 Å². The molecule has 102 valence electrons.